The van der Waals surface area contributed by atoms with Gasteiger partial charge in [0.15, 0.2) is 0 Å². The lowest BCUT2D eigenvalue weighted by molar-refractivity contribution is 0.622. The first-order valence-electron chi connectivity index (χ1n) is 6.52. The van der Waals surface area contributed by atoms with E-state index in [9.17, 15) is 4.39 Å². The molecule has 1 heterocycles. The summed E-state index contributed by atoms with van der Waals surface area (Å²) in [4.78, 5) is 4.70. The Morgan fingerprint density at radius 1 is 1.32 bits per heavy atom. The number of hydrogen-bond acceptors (Lipinski definition) is 2. The number of halogens is 2. The minimum Gasteiger partial charge on any atom is -0.384 e. The maximum absolute atomic E-state index is 13.9. The van der Waals surface area contributed by atoms with Gasteiger partial charge in [-0.3, -0.25) is 4.98 Å². The van der Waals surface area contributed by atoms with E-state index in [-0.39, 0.29) is 5.82 Å². The van der Waals surface area contributed by atoms with Crippen molar-refractivity contribution < 1.29 is 4.39 Å². The molecule has 102 valence electrons. The van der Waals surface area contributed by atoms with Crippen LogP contribution in [0.5, 0.6) is 0 Å². The van der Waals surface area contributed by atoms with Gasteiger partial charge in [-0.25, -0.2) is 4.39 Å². The monoisotopic (exact) mass is 324 g/mol. The Hall–Kier alpha value is -1.16. The molecule has 0 saturated heterocycles. The van der Waals surface area contributed by atoms with Gasteiger partial charge in [-0.15, -0.1) is 0 Å². The van der Waals surface area contributed by atoms with Crippen molar-refractivity contribution >= 4 is 32.5 Å². The van der Waals surface area contributed by atoms with Gasteiger partial charge < -0.3 is 5.32 Å². The van der Waals surface area contributed by atoms with Crippen LogP contribution in [0.1, 0.15) is 30.7 Å². The minimum absolute atomic E-state index is 0.241. The molecule has 0 aliphatic heterocycles. The Morgan fingerprint density at radius 2 is 2.00 bits per heavy atom. The number of aryl methyl sites for hydroxylation is 2. The molecular weight excluding hydrogens is 307 g/mol. The molecule has 2 nitrogen and oxygen atoms in total. The molecule has 0 bridgehead atoms. The van der Waals surface area contributed by atoms with Crippen LogP contribution in [-0.4, -0.2) is 11.5 Å². The number of pyridine rings is 1. The molecule has 0 unspecified atom stereocenters. The van der Waals surface area contributed by atoms with E-state index < -0.39 is 0 Å². The van der Waals surface area contributed by atoms with Crippen molar-refractivity contribution in [2.45, 2.75) is 34.1 Å². The van der Waals surface area contributed by atoms with E-state index in [2.05, 4.69) is 28.2 Å². The van der Waals surface area contributed by atoms with Crippen molar-refractivity contribution in [1.29, 1.82) is 0 Å². The van der Waals surface area contributed by atoms with Gasteiger partial charge in [-0.1, -0.05) is 6.92 Å². The standard InChI is InChI=1S/C15H18BrFN2/c1-5-11-9(4)15(18-6-2)12-13(16)10(17)7-8(3)14(12)19-11/h7H,5-6H2,1-4H3,(H,18,19). The summed E-state index contributed by atoms with van der Waals surface area (Å²) < 4.78 is 14.4. The molecule has 1 aromatic carbocycles. The second-order valence-electron chi connectivity index (χ2n) is 4.66. The molecule has 0 saturated carbocycles. The van der Waals surface area contributed by atoms with Crippen molar-refractivity contribution in [3.05, 3.63) is 33.2 Å². The second kappa shape index (κ2) is 5.45. The van der Waals surface area contributed by atoms with E-state index in [0.717, 1.165) is 46.4 Å². The third-order valence-electron chi connectivity index (χ3n) is 3.38. The van der Waals surface area contributed by atoms with Crippen molar-refractivity contribution in [3.63, 3.8) is 0 Å². The predicted molar refractivity (Wildman–Crippen MR) is 82.4 cm³/mol. The van der Waals surface area contributed by atoms with Crippen LogP contribution in [0.4, 0.5) is 10.1 Å². The molecule has 0 amide bonds. The van der Waals surface area contributed by atoms with Gasteiger partial charge in [-0.05, 0) is 60.3 Å². The number of anilines is 1. The highest BCUT2D eigenvalue weighted by atomic mass is 79.9. The Kier molecular flexibility index (Phi) is 4.09. The molecular formula is C15H18BrFN2. The van der Waals surface area contributed by atoms with E-state index in [1.54, 1.807) is 0 Å². The first kappa shape index (κ1) is 14.3. The molecule has 0 aliphatic rings. The number of nitrogens with zero attached hydrogens (tertiary/aromatic N) is 1. The van der Waals surface area contributed by atoms with Gasteiger partial charge in [-0.2, -0.15) is 0 Å². The lowest BCUT2D eigenvalue weighted by atomic mass is 10.0. The summed E-state index contributed by atoms with van der Waals surface area (Å²) in [5, 5.41) is 4.19. The summed E-state index contributed by atoms with van der Waals surface area (Å²) >= 11 is 3.36. The topological polar surface area (TPSA) is 24.9 Å². The Labute approximate surface area is 121 Å². The fourth-order valence-corrected chi connectivity index (χ4v) is 2.91. The highest BCUT2D eigenvalue weighted by Crippen LogP contribution is 2.37. The normalized spacial score (nSPS) is 11.1. The van der Waals surface area contributed by atoms with Crippen LogP contribution in [0.3, 0.4) is 0 Å². The lowest BCUT2D eigenvalue weighted by Crippen LogP contribution is -2.06. The van der Waals surface area contributed by atoms with Crippen molar-refractivity contribution in [3.8, 4) is 0 Å². The highest BCUT2D eigenvalue weighted by Gasteiger charge is 2.17. The molecule has 4 heteroatoms. The summed E-state index contributed by atoms with van der Waals surface area (Å²) in [6.07, 6.45) is 0.870. The third kappa shape index (κ3) is 2.34. The third-order valence-corrected chi connectivity index (χ3v) is 4.15. The van der Waals surface area contributed by atoms with Crippen LogP contribution in [0.2, 0.25) is 0 Å². The van der Waals surface area contributed by atoms with Crippen LogP contribution in [0, 0.1) is 19.7 Å². The summed E-state index contributed by atoms with van der Waals surface area (Å²) in [6, 6.07) is 1.53. The van der Waals surface area contributed by atoms with Crippen LogP contribution >= 0.6 is 15.9 Å². The zero-order valence-electron chi connectivity index (χ0n) is 11.7. The molecule has 19 heavy (non-hydrogen) atoms. The van der Waals surface area contributed by atoms with Gasteiger partial charge >= 0.3 is 0 Å². The molecule has 2 aromatic rings. The number of fused-ring (bicyclic) bond motifs is 1. The highest BCUT2D eigenvalue weighted by molar-refractivity contribution is 9.10. The van der Waals surface area contributed by atoms with Crippen molar-refractivity contribution in [1.82, 2.24) is 4.98 Å². The molecule has 0 fully saturated rings. The molecule has 0 aliphatic carbocycles. The smallest absolute Gasteiger partial charge is 0.138 e. The summed E-state index contributed by atoms with van der Waals surface area (Å²) in [5.41, 5.74) is 4.88. The Bertz CT molecular complexity index is 638. The second-order valence-corrected chi connectivity index (χ2v) is 5.45. The van der Waals surface area contributed by atoms with E-state index in [0.29, 0.717) is 4.47 Å². The Morgan fingerprint density at radius 3 is 2.58 bits per heavy atom. The molecule has 0 atom stereocenters. The largest absolute Gasteiger partial charge is 0.384 e. The van der Waals surface area contributed by atoms with Gasteiger partial charge in [0, 0.05) is 23.3 Å². The van der Waals surface area contributed by atoms with Crippen LogP contribution in [0.25, 0.3) is 10.9 Å². The molecule has 1 aromatic heterocycles. The first-order chi connectivity index (χ1) is 9.01. The average molecular weight is 325 g/mol. The minimum atomic E-state index is -0.241. The lowest BCUT2D eigenvalue weighted by Gasteiger charge is -2.17. The Balaban J connectivity index is 2.96. The maximum Gasteiger partial charge on any atom is 0.138 e. The maximum atomic E-state index is 13.9. The van der Waals surface area contributed by atoms with Crippen LogP contribution in [-0.2, 0) is 6.42 Å². The van der Waals surface area contributed by atoms with Gasteiger partial charge in [0.25, 0.3) is 0 Å². The molecule has 0 radical (unpaired) electrons. The zero-order chi connectivity index (χ0) is 14.2. The van der Waals surface area contributed by atoms with E-state index in [4.69, 9.17) is 4.98 Å². The number of benzene rings is 1. The molecule has 2 rings (SSSR count). The fourth-order valence-electron chi connectivity index (χ4n) is 2.41. The first-order valence-corrected chi connectivity index (χ1v) is 7.32. The van der Waals surface area contributed by atoms with Crippen LogP contribution < -0.4 is 5.32 Å². The van der Waals surface area contributed by atoms with Crippen molar-refractivity contribution in [2.75, 3.05) is 11.9 Å². The fraction of sp³-hybridized carbons (Fsp3) is 0.400. The SMILES string of the molecule is CCNc1c(C)c(CC)nc2c(C)cc(F)c(Br)c12. The number of hydrogen-bond donors (Lipinski definition) is 1. The molecule has 0 spiro atoms. The zero-order valence-corrected chi connectivity index (χ0v) is 13.3. The molecule has 1 N–H and O–H groups in total. The van der Waals surface area contributed by atoms with E-state index in [1.807, 2.05) is 20.8 Å². The summed E-state index contributed by atoms with van der Waals surface area (Å²) in [5.74, 6) is -0.241. The number of aromatic nitrogens is 1. The number of nitrogens with one attached hydrogen (secondary N) is 1. The van der Waals surface area contributed by atoms with E-state index in [1.165, 1.54) is 6.07 Å². The van der Waals surface area contributed by atoms with E-state index >= 15 is 0 Å². The van der Waals surface area contributed by atoms with Crippen LogP contribution in [0.15, 0.2) is 10.5 Å². The van der Waals surface area contributed by atoms with Gasteiger partial charge in [0.05, 0.1) is 9.99 Å². The van der Waals surface area contributed by atoms with Gasteiger partial charge in [0.2, 0.25) is 0 Å². The van der Waals surface area contributed by atoms with Gasteiger partial charge in [0.1, 0.15) is 5.82 Å². The van der Waals surface area contributed by atoms with Crippen molar-refractivity contribution in [2.24, 2.45) is 0 Å². The average Bonchev–Trinajstić information content (AvgIpc) is 2.38. The summed E-state index contributed by atoms with van der Waals surface area (Å²) in [6.45, 7) is 8.86. The predicted octanol–water partition coefficient (Wildman–Crippen LogP) is 4.75. The number of rotatable bonds is 3. The summed E-state index contributed by atoms with van der Waals surface area (Å²) in [7, 11) is 0. The quantitative estimate of drug-likeness (QED) is 0.881.